The van der Waals surface area contributed by atoms with Gasteiger partial charge in [-0.1, -0.05) is 44.2 Å². The molecule has 0 saturated heterocycles. The van der Waals surface area contributed by atoms with Gasteiger partial charge in [-0.3, -0.25) is 23.7 Å². The highest BCUT2D eigenvalue weighted by Gasteiger charge is 2.43. The maximum Gasteiger partial charge on any atom is 0.350 e. The third-order valence-electron chi connectivity index (χ3n) is 6.02. The molecule has 0 fully saturated rings. The van der Waals surface area contributed by atoms with E-state index < -0.39 is 23.8 Å². The van der Waals surface area contributed by atoms with Crippen molar-refractivity contribution in [1.29, 1.82) is 0 Å². The van der Waals surface area contributed by atoms with E-state index >= 15 is 0 Å². The molecule has 3 amide bonds. The van der Waals surface area contributed by atoms with Gasteiger partial charge in [-0.25, -0.2) is 9.48 Å². The van der Waals surface area contributed by atoms with Crippen LogP contribution in [0.5, 0.6) is 0 Å². The van der Waals surface area contributed by atoms with Crippen molar-refractivity contribution in [1.82, 2.24) is 19.1 Å². The zero-order chi connectivity index (χ0) is 24.7. The van der Waals surface area contributed by atoms with E-state index in [1.807, 2.05) is 12.1 Å². The minimum Gasteiger partial charge on any atom is -0.324 e. The molecule has 2 aromatic carbocycles. The lowest BCUT2D eigenvalue weighted by atomic mass is 10.0. The summed E-state index contributed by atoms with van der Waals surface area (Å²) in [5, 5.41) is 7.17. The smallest absolute Gasteiger partial charge is 0.324 e. The standard InChI is InChI=1S/C26H23N5O4/c1-16(2)22(31-24(33)19-10-3-4-11-20(19)25(31)34)23(32)27-18-9-7-8-17(14-18)15-30-26(35)29-13-6-5-12-21(29)28-30/h3-14,16,22H,15H2,1-2H3,(H,27,32). The minimum absolute atomic E-state index is 0.218. The van der Waals surface area contributed by atoms with E-state index in [2.05, 4.69) is 10.4 Å². The van der Waals surface area contributed by atoms with Gasteiger partial charge in [0.25, 0.3) is 11.8 Å². The number of hydrogen-bond acceptors (Lipinski definition) is 5. The highest BCUT2D eigenvalue weighted by Crippen LogP contribution is 2.28. The molecule has 0 radical (unpaired) electrons. The zero-order valence-electron chi connectivity index (χ0n) is 19.2. The van der Waals surface area contributed by atoms with Crippen molar-refractivity contribution in [3.05, 3.63) is 100 Å². The number of benzene rings is 2. The summed E-state index contributed by atoms with van der Waals surface area (Å²) in [6, 6.07) is 18.0. The number of imide groups is 1. The molecular weight excluding hydrogens is 446 g/mol. The number of amides is 3. The van der Waals surface area contributed by atoms with E-state index in [9.17, 15) is 19.2 Å². The summed E-state index contributed by atoms with van der Waals surface area (Å²) < 4.78 is 2.81. The number of rotatable bonds is 6. The van der Waals surface area contributed by atoms with E-state index in [1.54, 1.807) is 74.6 Å². The molecule has 176 valence electrons. The van der Waals surface area contributed by atoms with Crippen molar-refractivity contribution < 1.29 is 14.4 Å². The number of pyridine rings is 1. The van der Waals surface area contributed by atoms with Gasteiger partial charge in [0.05, 0.1) is 17.7 Å². The van der Waals surface area contributed by atoms with E-state index in [1.165, 1.54) is 9.08 Å². The second-order valence-electron chi connectivity index (χ2n) is 8.77. The minimum atomic E-state index is -0.980. The Balaban J connectivity index is 1.38. The van der Waals surface area contributed by atoms with Crippen LogP contribution in [0.2, 0.25) is 0 Å². The third kappa shape index (κ3) is 3.90. The Morgan fingerprint density at radius 2 is 1.60 bits per heavy atom. The Kier molecular flexibility index (Phi) is 5.52. The lowest BCUT2D eigenvalue weighted by molar-refractivity contribution is -0.121. The first-order valence-electron chi connectivity index (χ1n) is 11.3. The molecule has 2 aromatic heterocycles. The summed E-state index contributed by atoms with van der Waals surface area (Å²) in [7, 11) is 0. The topological polar surface area (TPSA) is 106 Å². The van der Waals surface area contributed by atoms with Gasteiger partial charge in [0.1, 0.15) is 6.04 Å². The molecule has 0 bridgehead atoms. The van der Waals surface area contributed by atoms with Crippen LogP contribution in [0.15, 0.2) is 77.7 Å². The highest BCUT2D eigenvalue weighted by molar-refractivity contribution is 6.23. The predicted octanol–water partition coefficient (Wildman–Crippen LogP) is 2.80. The van der Waals surface area contributed by atoms with Crippen LogP contribution in [0.3, 0.4) is 0 Å². The van der Waals surface area contributed by atoms with Crippen LogP contribution in [-0.4, -0.2) is 42.8 Å². The first kappa shape index (κ1) is 22.3. The summed E-state index contributed by atoms with van der Waals surface area (Å²) in [4.78, 5) is 52.8. The van der Waals surface area contributed by atoms with Crippen molar-refractivity contribution in [3.63, 3.8) is 0 Å². The van der Waals surface area contributed by atoms with E-state index in [4.69, 9.17) is 0 Å². The van der Waals surface area contributed by atoms with Crippen LogP contribution in [0.1, 0.15) is 40.1 Å². The van der Waals surface area contributed by atoms with Crippen molar-refractivity contribution in [2.24, 2.45) is 5.92 Å². The Morgan fingerprint density at radius 3 is 2.26 bits per heavy atom. The lowest BCUT2D eigenvalue weighted by Crippen LogP contribution is -2.50. The monoisotopic (exact) mass is 469 g/mol. The van der Waals surface area contributed by atoms with Crippen LogP contribution in [0, 0.1) is 5.92 Å². The SMILES string of the molecule is CC(C)C(C(=O)Nc1cccc(Cn2nc3ccccn3c2=O)c1)N1C(=O)c2ccccc2C1=O. The molecule has 0 aliphatic carbocycles. The van der Waals surface area contributed by atoms with Gasteiger partial charge in [0.15, 0.2) is 5.65 Å². The Labute approximate surface area is 200 Å². The van der Waals surface area contributed by atoms with Crippen LogP contribution >= 0.6 is 0 Å². The summed E-state index contributed by atoms with van der Waals surface area (Å²) in [5.74, 6) is -1.72. The number of anilines is 1. The Hall–Kier alpha value is -4.53. The van der Waals surface area contributed by atoms with E-state index in [0.717, 1.165) is 10.5 Å². The Morgan fingerprint density at radius 1 is 0.914 bits per heavy atom. The van der Waals surface area contributed by atoms with Crippen molar-refractivity contribution in [3.8, 4) is 0 Å². The fraction of sp³-hybridized carbons (Fsp3) is 0.192. The molecule has 3 heterocycles. The van der Waals surface area contributed by atoms with Gasteiger partial charge >= 0.3 is 5.69 Å². The predicted molar refractivity (Wildman–Crippen MR) is 129 cm³/mol. The second kappa shape index (κ2) is 8.68. The maximum atomic E-state index is 13.3. The van der Waals surface area contributed by atoms with Gasteiger partial charge in [0.2, 0.25) is 5.91 Å². The number of aromatic nitrogens is 3. The van der Waals surface area contributed by atoms with E-state index in [-0.39, 0.29) is 18.2 Å². The lowest BCUT2D eigenvalue weighted by Gasteiger charge is -2.28. The molecule has 1 aliphatic rings. The maximum absolute atomic E-state index is 13.3. The molecule has 1 N–H and O–H groups in total. The molecule has 5 rings (SSSR count). The average molecular weight is 470 g/mol. The number of carbonyl (C=O) groups excluding carboxylic acids is 3. The molecule has 9 heteroatoms. The molecule has 9 nitrogen and oxygen atoms in total. The van der Waals surface area contributed by atoms with Crippen LogP contribution in [0.4, 0.5) is 5.69 Å². The fourth-order valence-corrected chi connectivity index (χ4v) is 4.39. The molecular formula is C26H23N5O4. The van der Waals surface area contributed by atoms with Gasteiger partial charge in [-0.05, 0) is 47.9 Å². The number of carbonyl (C=O) groups is 3. The van der Waals surface area contributed by atoms with Gasteiger partial charge < -0.3 is 5.32 Å². The van der Waals surface area contributed by atoms with Crippen molar-refractivity contribution >= 4 is 29.1 Å². The molecule has 4 aromatic rings. The quantitative estimate of drug-likeness (QED) is 0.437. The van der Waals surface area contributed by atoms with Crippen molar-refractivity contribution in [2.45, 2.75) is 26.4 Å². The summed E-state index contributed by atoms with van der Waals surface area (Å²) >= 11 is 0. The molecule has 35 heavy (non-hydrogen) atoms. The van der Waals surface area contributed by atoms with Crippen LogP contribution in [0.25, 0.3) is 5.65 Å². The highest BCUT2D eigenvalue weighted by atomic mass is 16.2. The summed E-state index contributed by atoms with van der Waals surface area (Å²) in [6.45, 7) is 3.80. The van der Waals surface area contributed by atoms with Gasteiger partial charge in [-0.15, -0.1) is 5.10 Å². The molecule has 1 atom stereocenters. The largest absolute Gasteiger partial charge is 0.350 e. The molecule has 1 aliphatic heterocycles. The number of fused-ring (bicyclic) bond motifs is 2. The first-order valence-corrected chi connectivity index (χ1v) is 11.3. The number of nitrogens with one attached hydrogen (secondary N) is 1. The normalized spacial score (nSPS) is 14.0. The summed E-state index contributed by atoms with van der Waals surface area (Å²) in [5.41, 5.74) is 2.14. The van der Waals surface area contributed by atoms with E-state index in [0.29, 0.717) is 22.5 Å². The first-order chi connectivity index (χ1) is 16.8. The van der Waals surface area contributed by atoms with Gasteiger partial charge in [-0.2, -0.15) is 0 Å². The second-order valence-corrected chi connectivity index (χ2v) is 8.77. The number of hydrogen-bond donors (Lipinski definition) is 1. The van der Waals surface area contributed by atoms with Crippen LogP contribution in [-0.2, 0) is 11.3 Å². The fourth-order valence-electron chi connectivity index (χ4n) is 4.39. The average Bonchev–Trinajstić information content (AvgIpc) is 3.28. The molecule has 0 saturated carbocycles. The third-order valence-corrected chi connectivity index (χ3v) is 6.02. The molecule has 0 spiro atoms. The molecule has 1 unspecified atom stereocenters. The van der Waals surface area contributed by atoms with Crippen molar-refractivity contribution in [2.75, 3.05) is 5.32 Å². The van der Waals surface area contributed by atoms with Gasteiger partial charge in [0, 0.05) is 11.9 Å². The summed E-state index contributed by atoms with van der Waals surface area (Å²) in [6.07, 6.45) is 1.66. The zero-order valence-corrected chi connectivity index (χ0v) is 19.2. The van der Waals surface area contributed by atoms with Crippen LogP contribution < -0.4 is 11.0 Å². The Bertz CT molecular complexity index is 1500. The number of nitrogens with zero attached hydrogens (tertiary/aromatic N) is 4.